The minimum atomic E-state index is -0.231. The van der Waals surface area contributed by atoms with Crippen LogP contribution in [-0.2, 0) is 6.42 Å². The number of hydrogen-bond acceptors (Lipinski definition) is 4. The molecule has 0 aliphatic rings. The molecule has 0 aliphatic carbocycles. The molecule has 0 heterocycles. The summed E-state index contributed by atoms with van der Waals surface area (Å²) < 4.78 is 0. The molecular weight excluding hydrogens is 438 g/mol. The van der Waals surface area contributed by atoms with E-state index >= 15 is 0 Å². The average molecular weight is 474 g/mol. The third-order valence-electron chi connectivity index (χ3n) is 5.73. The van der Waals surface area contributed by atoms with Crippen molar-refractivity contribution in [2.45, 2.75) is 25.3 Å². The van der Waals surface area contributed by atoms with E-state index in [1.54, 1.807) is 24.3 Å². The molecule has 5 N–H and O–H groups in total. The maximum Gasteiger partial charge on any atom is 0.315 e. The molecule has 0 bridgehead atoms. The predicted molar refractivity (Wildman–Crippen MR) is 142 cm³/mol. The van der Waals surface area contributed by atoms with Crippen LogP contribution >= 0.6 is 0 Å². The number of carbonyl (C=O) groups is 2. The van der Waals surface area contributed by atoms with E-state index in [-0.39, 0.29) is 18.0 Å². The second-order valence-corrected chi connectivity index (χ2v) is 8.80. The molecule has 0 radical (unpaired) electrons. The summed E-state index contributed by atoms with van der Waals surface area (Å²) >= 11 is 0. The fourth-order valence-corrected chi connectivity index (χ4v) is 3.78. The molecule has 1 unspecified atom stereocenters. The fraction of sp³-hybridized carbons (Fsp3) is 0.286. The minimum absolute atomic E-state index is 0.159. The van der Waals surface area contributed by atoms with Gasteiger partial charge in [-0.2, -0.15) is 0 Å². The lowest BCUT2D eigenvalue weighted by Gasteiger charge is -2.21. The van der Waals surface area contributed by atoms with Crippen LogP contribution in [0.5, 0.6) is 0 Å². The number of nitrogens with one attached hydrogen (secondary N) is 3. The van der Waals surface area contributed by atoms with Crippen molar-refractivity contribution in [1.29, 1.82) is 0 Å². The van der Waals surface area contributed by atoms with Crippen LogP contribution in [0.4, 0.5) is 16.2 Å². The smallest absolute Gasteiger partial charge is 0.315 e. The summed E-state index contributed by atoms with van der Waals surface area (Å²) in [5, 5.41) is 8.90. The van der Waals surface area contributed by atoms with Crippen molar-refractivity contribution in [2.75, 3.05) is 38.2 Å². The fourth-order valence-electron chi connectivity index (χ4n) is 3.78. The van der Waals surface area contributed by atoms with Gasteiger partial charge in [-0.3, -0.25) is 4.79 Å². The molecule has 3 aromatic rings. The third-order valence-corrected chi connectivity index (χ3v) is 5.73. The predicted octanol–water partition coefficient (Wildman–Crippen LogP) is 4.45. The van der Waals surface area contributed by atoms with E-state index in [2.05, 4.69) is 20.9 Å². The van der Waals surface area contributed by atoms with Crippen LogP contribution in [0.15, 0.2) is 78.9 Å². The van der Waals surface area contributed by atoms with Gasteiger partial charge < -0.3 is 26.6 Å². The third kappa shape index (κ3) is 8.46. The van der Waals surface area contributed by atoms with Crippen molar-refractivity contribution in [3.63, 3.8) is 0 Å². The first-order chi connectivity index (χ1) is 16.9. The molecule has 7 nitrogen and oxygen atoms in total. The first-order valence-electron chi connectivity index (χ1n) is 11.9. The largest absolute Gasteiger partial charge is 0.397 e. The Balaban J connectivity index is 1.61. The quantitative estimate of drug-likeness (QED) is 0.309. The van der Waals surface area contributed by atoms with Crippen molar-refractivity contribution in [2.24, 2.45) is 0 Å². The zero-order chi connectivity index (χ0) is 25.0. The SMILES string of the molecule is CN(C)CCCC(NC(=O)NCCc1ccccc1)c1ccc(C(=O)Nc2ccccc2N)cc1. The zero-order valence-electron chi connectivity index (χ0n) is 20.5. The van der Waals surface area contributed by atoms with Gasteiger partial charge >= 0.3 is 6.03 Å². The van der Waals surface area contributed by atoms with Crippen molar-refractivity contribution < 1.29 is 9.59 Å². The lowest BCUT2D eigenvalue weighted by Crippen LogP contribution is -2.39. The molecular formula is C28H35N5O2. The number of anilines is 2. The van der Waals surface area contributed by atoms with E-state index in [9.17, 15) is 9.59 Å². The van der Waals surface area contributed by atoms with E-state index < -0.39 is 0 Å². The maximum atomic E-state index is 12.7. The molecule has 3 rings (SSSR count). The highest BCUT2D eigenvalue weighted by molar-refractivity contribution is 6.05. The van der Waals surface area contributed by atoms with Gasteiger partial charge in [-0.05, 0) is 75.3 Å². The molecule has 0 spiro atoms. The number of amides is 3. The topological polar surface area (TPSA) is 99.5 Å². The van der Waals surface area contributed by atoms with Gasteiger partial charge in [-0.1, -0.05) is 54.6 Å². The first kappa shape index (κ1) is 25.8. The minimum Gasteiger partial charge on any atom is -0.397 e. The molecule has 3 amide bonds. The van der Waals surface area contributed by atoms with Crippen molar-refractivity contribution >= 4 is 23.3 Å². The number of rotatable bonds is 11. The lowest BCUT2D eigenvalue weighted by atomic mass is 10.00. The van der Waals surface area contributed by atoms with Gasteiger partial charge in [-0.15, -0.1) is 0 Å². The summed E-state index contributed by atoms with van der Waals surface area (Å²) in [6, 6.07) is 24.2. The Morgan fingerprint density at radius 1 is 0.914 bits per heavy atom. The number of hydrogen-bond donors (Lipinski definition) is 4. The standard InChI is InChI=1S/C28H35N5O2/c1-33(2)20-8-13-25(32-28(35)30-19-18-21-9-4-3-5-10-21)22-14-16-23(17-15-22)27(34)31-26-12-7-6-11-24(26)29/h3-7,9-12,14-17,25H,8,13,18-20,29H2,1-2H3,(H,31,34)(H2,30,32,35). The Bertz CT molecular complexity index is 1080. The van der Waals surface area contributed by atoms with E-state index in [1.165, 1.54) is 5.56 Å². The number of nitrogen functional groups attached to an aromatic ring is 1. The number of para-hydroxylation sites is 2. The highest BCUT2D eigenvalue weighted by Crippen LogP contribution is 2.21. The van der Waals surface area contributed by atoms with Crippen LogP contribution in [0.2, 0.25) is 0 Å². The Morgan fingerprint density at radius 3 is 2.29 bits per heavy atom. The van der Waals surface area contributed by atoms with Crippen LogP contribution in [0.3, 0.4) is 0 Å². The molecule has 7 heteroatoms. The first-order valence-corrected chi connectivity index (χ1v) is 11.9. The second-order valence-electron chi connectivity index (χ2n) is 8.80. The van der Waals surface area contributed by atoms with E-state index in [4.69, 9.17) is 5.73 Å². The number of urea groups is 1. The van der Waals surface area contributed by atoms with E-state index in [0.29, 0.717) is 23.5 Å². The number of carbonyl (C=O) groups excluding carboxylic acids is 2. The summed E-state index contributed by atoms with van der Waals surface area (Å²) in [4.78, 5) is 27.4. The summed E-state index contributed by atoms with van der Waals surface area (Å²) in [5.41, 5.74) is 9.69. The molecule has 0 fully saturated rings. The van der Waals surface area contributed by atoms with Gasteiger partial charge in [-0.25, -0.2) is 4.79 Å². The van der Waals surface area contributed by atoms with Crippen molar-refractivity contribution in [3.05, 3.63) is 95.6 Å². The highest BCUT2D eigenvalue weighted by atomic mass is 16.2. The van der Waals surface area contributed by atoms with E-state index in [0.717, 1.165) is 31.4 Å². The van der Waals surface area contributed by atoms with Crippen LogP contribution in [0.1, 0.15) is 40.4 Å². The van der Waals surface area contributed by atoms with Crippen LogP contribution < -0.4 is 21.7 Å². The van der Waals surface area contributed by atoms with Gasteiger partial charge in [0.15, 0.2) is 0 Å². The number of nitrogens with zero attached hydrogens (tertiary/aromatic N) is 1. The van der Waals surface area contributed by atoms with Gasteiger partial charge in [0.2, 0.25) is 0 Å². The van der Waals surface area contributed by atoms with Gasteiger partial charge in [0.1, 0.15) is 0 Å². The monoisotopic (exact) mass is 473 g/mol. The summed E-state index contributed by atoms with van der Waals surface area (Å²) in [6.45, 7) is 1.48. The molecule has 1 atom stereocenters. The summed E-state index contributed by atoms with van der Waals surface area (Å²) in [6.07, 6.45) is 2.49. The molecule has 0 aromatic heterocycles. The maximum absolute atomic E-state index is 12.7. The van der Waals surface area contributed by atoms with Crippen molar-refractivity contribution in [1.82, 2.24) is 15.5 Å². The van der Waals surface area contributed by atoms with Crippen LogP contribution in [0, 0.1) is 0 Å². The van der Waals surface area contributed by atoms with Crippen LogP contribution in [-0.4, -0.2) is 44.0 Å². The van der Waals surface area contributed by atoms with Gasteiger partial charge in [0.05, 0.1) is 17.4 Å². The zero-order valence-corrected chi connectivity index (χ0v) is 20.5. The molecule has 35 heavy (non-hydrogen) atoms. The van der Waals surface area contributed by atoms with E-state index in [1.807, 2.05) is 68.7 Å². The Kier molecular flexibility index (Phi) is 9.69. The normalized spacial score (nSPS) is 11.6. The van der Waals surface area contributed by atoms with Crippen LogP contribution in [0.25, 0.3) is 0 Å². The highest BCUT2D eigenvalue weighted by Gasteiger charge is 2.16. The Labute approximate surface area is 207 Å². The summed E-state index contributed by atoms with van der Waals surface area (Å²) in [7, 11) is 4.07. The molecule has 0 aliphatic heterocycles. The molecule has 184 valence electrons. The van der Waals surface area contributed by atoms with Gasteiger partial charge in [0, 0.05) is 12.1 Å². The molecule has 0 saturated carbocycles. The molecule has 3 aromatic carbocycles. The molecule has 0 saturated heterocycles. The second kappa shape index (κ2) is 13.2. The average Bonchev–Trinajstić information content (AvgIpc) is 2.85. The number of nitrogens with two attached hydrogens (primary N) is 1. The summed E-state index contributed by atoms with van der Waals surface area (Å²) in [5.74, 6) is -0.231. The Hall–Kier alpha value is -3.84. The van der Waals surface area contributed by atoms with Gasteiger partial charge in [0.25, 0.3) is 5.91 Å². The number of benzene rings is 3. The Morgan fingerprint density at radius 2 is 1.60 bits per heavy atom. The lowest BCUT2D eigenvalue weighted by molar-refractivity contribution is 0.102. The van der Waals surface area contributed by atoms with Crippen molar-refractivity contribution in [3.8, 4) is 0 Å².